The molecule has 148 valence electrons. The van der Waals surface area contributed by atoms with Crippen LogP contribution in [0.15, 0.2) is 24.3 Å². The Bertz CT molecular complexity index is 638. The van der Waals surface area contributed by atoms with Crippen LogP contribution in [0, 0.1) is 0 Å². The van der Waals surface area contributed by atoms with Crippen molar-refractivity contribution in [3.8, 4) is 0 Å². The number of nitrogens with zero attached hydrogens (tertiary/aromatic N) is 1. The van der Waals surface area contributed by atoms with Crippen molar-refractivity contribution in [1.82, 2.24) is 4.90 Å². The topological polar surface area (TPSA) is 84.9 Å². The summed E-state index contributed by atoms with van der Waals surface area (Å²) in [4.78, 5) is 37.8. The number of carbonyl (C=O) groups is 3. The minimum absolute atomic E-state index is 0.127. The van der Waals surface area contributed by atoms with Gasteiger partial charge in [-0.15, -0.1) is 0 Å². The van der Waals surface area contributed by atoms with Crippen LogP contribution in [-0.4, -0.2) is 49.2 Å². The third kappa shape index (κ3) is 6.27. The van der Waals surface area contributed by atoms with Crippen LogP contribution in [0.5, 0.6) is 0 Å². The first-order valence-corrected chi connectivity index (χ1v) is 9.46. The van der Waals surface area contributed by atoms with Crippen molar-refractivity contribution in [2.45, 2.75) is 51.5 Å². The molecule has 1 aromatic carbocycles. The molecular formula is C20H28N2O5. The molecule has 0 aromatic heterocycles. The van der Waals surface area contributed by atoms with Gasteiger partial charge in [-0.3, -0.25) is 4.79 Å². The molecule has 0 spiro atoms. The minimum atomic E-state index is -0.391. The van der Waals surface area contributed by atoms with Crippen LogP contribution in [0.2, 0.25) is 0 Å². The highest BCUT2D eigenvalue weighted by molar-refractivity contribution is 5.92. The molecular weight excluding hydrogens is 348 g/mol. The Hall–Kier alpha value is -2.57. The van der Waals surface area contributed by atoms with Gasteiger partial charge in [0.2, 0.25) is 0 Å². The Kier molecular flexibility index (Phi) is 8.10. The van der Waals surface area contributed by atoms with Gasteiger partial charge in [0.15, 0.2) is 0 Å². The van der Waals surface area contributed by atoms with E-state index in [0.717, 1.165) is 25.7 Å². The summed E-state index contributed by atoms with van der Waals surface area (Å²) in [6.07, 6.45) is 5.40. The number of urea groups is 1. The van der Waals surface area contributed by atoms with E-state index in [1.54, 1.807) is 36.1 Å². The standard InChI is InChI=1S/C20H28N2O5/c1-3-27-19(24)15-9-11-16(12-10-15)21-20(25)22(14-13-18(23)26-2)17-7-5-4-6-8-17/h9-12,17H,3-8,13-14H2,1-2H3,(H,21,25). The monoisotopic (exact) mass is 376 g/mol. The third-order valence-corrected chi connectivity index (χ3v) is 4.71. The Morgan fingerprint density at radius 2 is 1.78 bits per heavy atom. The molecule has 1 saturated carbocycles. The molecule has 1 aliphatic carbocycles. The SMILES string of the molecule is CCOC(=O)c1ccc(NC(=O)N(CCC(=O)OC)C2CCCCC2)cc1. The molecule has 0 bridgehead atoms. The highest BCUT2D eigenvalue weighted by atomic mass is 16.5. The van der Waals surface area contributed by atoms with Crippen LogP contribution in [0.3, 0.4) is 0 Å². The first kappa shape index (κ1) is 20.7. The number of nitrogens with one attached hydrogen (secondary N) is 1. The normalized spacial score (nSPS) is 14.3. The maximum absolute atomic E-state index is 12.8. The summed E-state index contributed by atoms with van der Waals surface area (Å²) in [5.74, 6) is -0.723. The molecule has 1 N–H and O–H groups in total. The highest BCUT2D eigenvalue weighted by Crippen LogP contribution is 2.24. The molecule has 2 amide bonds. The molecule has 0 saturated heterocycles. The van der Waals surface area contributed by atoms with Crippen molar-refractivity contribution in [3.05, 3.63) is 29.8 Å². The van der Waals surface area contributed by atoms with Gasteiger partial charge in [0.25, 0.3) is 0 Å². The van der Waals surface area contributed by atoms with Crippen LogP contribution in [0.1, 0.15) is 55.8 Å². The second-order valence-electron chi connectivity index (χ2n) is 6.54. The van der Waals surface area contributed by atoms with E-state index in [1.165, 1.54) is 13.5 Å². The Labute approximate surface area is 160 Å². The van der Waals surface area contributed by atoms with Gasteiger partial charge in [0.1, 0.15) is 0 Å². The summed E-state index contributed by atoms with van der Waals surface area (Å²) in [7, 11) is 1.35. The van der Waals surface area contributed by atoms with E-state index >= 15 is 0 Å². The minimum Gasteiger partial charge on any atom is -0.469 e. The Balaban J connectivity index is 2.02. The van der Waals surface area contributed by atoms with E-state index in [4.69, 9.17) is 9.47 Å². The van der Waals surface area contributed by atoms with Gasteiger partial charge in [0, 0.05) is 18.3 Å². The molecule has 0 radical (unpaired) electrons. The van der Waals surface area contributed by atoms with E-state index < -0.39 is 5.97 Å². The fourth-order valence-corrected chi connectivity index (χ4v) is 3.26. The highest BCUT2D eigenvalue weighted by Gasteiger charge is 2.26. The molecule has 0 atom stereocenters. The first-order chi connectivity index (χ1) is 13.0. The zero-order chi connectivity index (χ0) is 19.6. The summed E-state index contributed by atoms with van der Waals surface area (Å²) in [5.41, 5.74) is 1.02. The number of hydrogen-bond donors (Lipinski definition) is 1. The molecule has 0 aliphatic heterocycles. The molecule has 0 unspecified atom stereocenters. The predicted octanol–water partition coefficient (Wildman–Crippen LogP) is 3.59. The molecule has 1 aromatic rings. The summed E-state index contributed by atoms with van der Waals surface area (Å²) in [6.45, 7) is 2.39. The molecule has 0 heterocycles. The van der Waals surface area contributed by atoms with Crippen LogP contribution in [0.4, 0.5) is 10.5 Å². The van der Waals surface area contributed by atoms with Gasteiger partial charge >= 0.3 is 18.0 Å². The average molecular weight is 376 g/mol. The van der Waals surface area contributed by atoms with E-state index in [-0.39, 0.29) is 24.5 Å². The van der Waals surface area contributed by atoms with Crippen LogP contribution < -0.4 is 5.32 Å². The molecule has 2 rings (SSSR count). The second kappa shape index (κ2) is 10.5. The van der Waals surface area contributed by atoms with Crippen molar-refractivity contribution in [1.29, 1.82) is 0 Å². The number of methoxy groups -OCH3 is 1. The lowest BCUT2D eigenvalue weighted by Gasteiger charge is -2.34. The van der Waals surface area contributed by atoms with E-state index in [9.17, 15) is 14.4 Å². The lowest BCUT2D eigenvalue weighted by Crippen LogP contribution is -2.45. The largest absolute Gasteiger partial charge is 0.469 e. The zero-order valence-corrected chi connectivity index (χ0v) is 16.0. The number of carbonyl (C=O) groups excluding carboxylic acids is 3. The summed E-state index contributed by atoms with van der Waals surface area (Å²) < 4.78 is 9.65. The Morgan fingerprint density at radius 1 is 1.11 bits per heavy atom. The lowest BCUT2D eigenvalue weighted by atomic mass is 9.94. The van der Waals surface area contributed by atoms with Gasteiger partial charge < -0.3 is 19.7 Å². The molecule has 7 heteroatoms. The third-order valence-electron chi connectivity index (χ3n) is 4.71. The van der Waals surface area contributed by atoms with Crippen LogP contribution in [0.25, 0.3) is 0 Å². The van der Waals surface area contributed by atoms with Gasteiger partial charge in [0.05, 0.1) is 25.7 Å². The quantitative estimate of drug-likeness (QED) is 0.735. The number of anilines is 1. The van der Waals surface area contributed by atoms with E-state index in [2.05, 4.69) is 5.32 Å². The van der Waals surface area contributed by atoms with Crippen molar-refractivity contribution in [3.63, 3.8) is 0 Å². The molecule has 27 heavy (non-hydrogen) atoms. The molecule has 1 aliphatic rings. The van der Waals surface area contributed by atoms with E-state index in [0.29, 0.717) is 24.4 Å². The van der Waals surface area contributed by atoms with Gasteiger partial charge in [-0.2, -0.15) is 0 Å². The number of ether oxygens (including phenoxy) is 2. The number of rotatable bonds is 7. The summed E-state index contributed by atoms with van der Waals surface area (Å²) >= 11 is 0. The maximum Gasteiger partial charge on any atom is 0.338 e. The lowest BCUT2D eigenvalue weighted by molar-refractivity contribution is -0.140. The van der Waals surface area contributed by atoms with Crippen molar-refractivity contribution in [2.24, 2.45) is 0 Å². The number of benzene rings is 1. The van der Waals surface area contributed by atoms with Gasteiger partial charge in [-0.25, -0.2) is 9.59 Å². The van der Waals surface area contributed by atoms with Crippen molar-refractivity contribution in [2.75, 3.05) is 25.6 Å². The summed E-state index contributed by atoms with van der Waals surface area (Å²) in [6, 6.07) is 6.46. The van der Waals surface area contributed by atoms with Crippen molar-refractivity contribution >= 4 is 23.7 Å². The average Bonchev–Trinajstić information content (AvgIpc) is 2.69. The number of hydrogen-bond acceptors (Lipinski definition) is 5. The predicted molar refractivity (Wildman–Crippen MR) is 102 cm³/mol. The smallest absolute Gasteiger partial charge is 0.338 e. The van der Waals surface area contributed by atoms with Crippen molar-refractivity contribution < 1.29 is 23.9 Å². The second-order valence-corrected chi connectivity index (χ2v) is 6.54. The fourth-order valence-electron chi connectivity index (χ4n) is 3.26. The number of amides is 2. The molecule has 1 fully saturated rings. The van der Waals surface area contributed by atoms with Crippen LogP contribution >= 0.6 is 0 Å². The zero-order valence-electron chi connectivity index (χ0n) is 16.0. The first-order valence-electron chi connectivity index (χ1n) is 9.46. The fraction of sp³-hybridized carbons (Fsp3) is 0.550. The van der Waals surface area contributed by atoms with Gasteiger partial charge in [-0.1, -0.05) is 19.3 Å². The maximum atomic E-state index is 12.8. The Morgan fingerprint density at radius 3 is 2.37 bits per heavy atom. The molecule has 7 nitrogen and oxygen atoms in total. The van der Waals surface area contributed by atoms with Crippen LogP contribution in [-0.2, 0) is 14.3 Å². The van der Waals surface area contributed by atoms with E-state index in [1.807, 2.05) is 0 Å². The van der Waals surface area contributed by atoms with Gasteiger partial charge in [-0.05, 0) is 44.0 Å². The summed E-state index contributed by atoms with van der Waals surface area (Å²) in [5, 5.41) is 2.86. The number of esters is 2.